The number of urea groups is 1. The third-order valence-electron chi connectivity index (χ3n) is 3.34. The van der Waals surface area contributed by atoms with Gasteiger partial charge in [-0.1, -0.05) is 11.6 Å². The maximum absolute atomic E-state index is 13.0. The average Bonchev–Trinajstić information content (AvgIpc) is 2.47. The van der Waals surface area contributed by atoms with Crippen molar-refractivity contribution in [2.45, 2.75) is 6.92 Å². The Bertz CT molecular complexity index is 545. The summed E-state index contributed by atoms with van der Waals surface area (Å²) in [6.07, 6.45) is 0. The first-order chi connectivity index (χ1) is 10.0. The Balaban J connectivity index is 1.98. The predicted molar refractivity (Wildman–Crippen MR) is 78.0 cm³/mol. The molecule has 0 aromatic heterocycles. The summed E-state index contributed by atoms with van der Waals surface area (Å²) in [4.78, 5) is 27.3. The first kappa shape index (κ1) is 15.6. The van der Waals surface area contributed by atoms with E-state index in [1.807, 2.05) is 6.92 Å². The second kappa shape index (κ2) is 6.76. The summed E-state index contributed by atoms with van der Waals surface area (Å²) in [5.74, 6) is -0.715. The smallest absolute Gasteiger partial charge is 0.317 e. The number of benzene rings is 1. The lowest BCUT2D eigenvalue weighted by Crippen LogP contribution is -2.53. The van der Waals surface area contributed by atoms with E-state index in [9.17, 15) is 14.0 Å². The summed E-state index contributed by atoms with van der Waals surface area (Å²) in [5.41, 5.74) is 0.282. The number of carbonyl (C=O) groups is 2. The molecular formula is C14H17ClFN3O2. The summed E-state index contributed by atoms with van der Waals surface area (Å²) in [5, 5.41) is 2.83. The highest BCUT2D eigenvalue weighted by Gasteiger charge is 2.25. The number of hydrogen-bond acceptors (Lipinski definition) is 2. The predicted octanol–water partition coefficient (Wildman–Crippen LogP) is 1.97. The van der Waals surface area contributed by atoms with Crippen molar-refractivity contribution in [1.82, 2.24) is 15.1 Å². The quantitative estimate of drug-likeness (QED) is 0.907. The summed E-state index contributed by atoms with van der Waals surface area (Å²) in [6, 6.07) is 3.60. The van der Waals surface area contributed by atoms with E-state index in [4.69, 9.17) is 11.6 Å². The summed E-state index contributed by atoms with van der Waals surface area (Å²) < 4.78 is 13.0. The number of amides is 3. The van der Waals surface area contributed by atoms with Crippen molar-refractivity contribution in [3.8, 4) is 0 Å². The fourth-order valence-electron chi connectivity index (χ4n) is 2.21. The van der Waals surface area contributed by atoms with Gasteiger partial charge < -0.3 is 15.1 Å². The molecule has 1 aromatic rings. The maximum atomic E-state index is 13.0. The number of piperazine rings is 1. The van der Waals surface area contributed by atoms with Gasteiger partial charge in [0.25, 0.3) is 5.91 Å². The van der Waals surface area contributed by atoms with Crippen molar-refractivity contribution in [3.05, 3.63) is 34.6 Å². The standard InChI is InChI=1S/C14H17ClFN3O2/c1-2-17-14(21)19-7-5-18(6-8-19)13(20)11-4-3-10(16)9-12(11)15/h3-4,9H,2,5-8H2,1H3,(H,17,21). The Morgan fingerprint density at radius 1 is 1.24 bits per heavy atom. The molecule has 5 nitrogen and oxygen atoms in total. The van der Waals surface area contributed by atoms with Gasteiger partial charge in [-0.05, 0) is 25.1 Å². The zero-order chi connectivity index (χ0) is 15.4. The van der Waals surface area contributed by atoms with Crippen LogP contribution in [0.15, 0.2) is 18.2 Å². The fourth-order valence-corrected chi connectivity index (χ4v) is 2.46. The van der Waals surface area contributed by atoms with Crippen LogP contribution in [0.1, 0.15) is 17.3 Å². The molecule has 0 saturated carbocycles. The first-order valence-corrected chi connectivity index (χ1v) is 7.17. The maximum Gasteiger partial charge on any atom is 0.317 e. The molecule has 0 aliphatic carbocycles. The Labute approximate surface area is 127 Å². The van der Waals surface area contributed by atoms with Gasteiger partial charge in [0.2, 0.25) is 0 Å². The van der Waals surface area contributed by atoms with Crippen molar-refractivity contribution in [1.29, 1.82) is 0 Å². The van der Waals surface area contributed by atoms with Crippen molar-refractivity contribution < 1.29 is 14.0 Å². The number of halogens is 2. The molecular weight excluding hydrogens is 297 g/mol. The van der Waals surface area contributed by atoms with Crippen LogP contribution in [-0.4, -0.2) is 54.5 Å². The Hall–Kier alpha value is -1.82. The van der Waals surface area contributed by atoms with Crippen LogP contribution in [0.3, 0.4) is 0 Å². The molecule has 114 valence electrons. The molecule has 3 amide bonds. The SMILES string of the molecule is CCNC(=O)N1CCN(C(=O)c2ccc(F)cc2Cl)CC1. The topological polar surface area (TPSA) is 52.7 Å². The molecule has 1 fully saturated rings. The lowest BCUT2D eigenvalue weighted by molar-refractivity contribution is 0.0665. The zero-order valence-electron chi connectivity index (χ0n) is 11.7. The second-order valence-electron chi connectivity index (χ2n) is 4.74. The Kier molecular flexibility index (Phi) is 5.01. The fraction of sp³-hybridized carbons (Fsp3) is 0.429. The monoisotopic (exact) mass is 313 g/mol. The van der Waals surface area contributed by atoms with Crippen molar-refractivity contribution in [2.24, 2.45) is 0 Å². The minimum atomic E-state index is -0.474. The van der Waals surface area contributed by atoms with Gasteiger partial charge in [0.05, 0.1) is 10.6 Å². The molecule has 1 saturated heterocycles. The zero-order valence-corrected chi connectivity index (χ0v) is 12.5. The Morgan fingerprint density at radius 2 is 1.86 bits per heavy atom. The number of nitrogens with one attached hydrogen (secondary N) is 1. The first-order valence-electron chi connectivity index (χ1n) is 6.80. The van der Waals surface area contributed by atoms with Crippen LogP contribution >= 0.6 is 11.6 Å². The lowest BCUT2D eigenvalue weighted by Gasteiger charge is -2.34. The van der Waals surface area contributed by atoms with Crippen molar-refractivity contribution in [2.75, 3.05) is 32.7 Å². The highest BCUT2D eigenvalue weighted by molar-refractivity contribution is 6.33. The van der Waals surface area contributed by atoms with E-state index in [0.717, 1.165) is 6.07 Å². The number of carbonyl (C=O) groups excluding carboxylic acids is 2. The summed E-state index contributed by atoms with van der Waals surface area (Å²) >= 11 is 5.90. The van der Waals surface area contributed by atoms with E-state index in [0.29, 0.717) is 32.7 Å². The Morgan fingerprint density at radius 3 is 2.43 bits per heavy atom. The van der Waals surface area contributed by atoms with Crippen LogP contribution in [0.2, 0.25) is 5.02 Å². The van der Waals surface area contributed by atoms with Crippen LogP contribution in [0.4, 0.5) is 9.18 Å². The molecule has 1 heterocycles. The lowest BCUT2D eigenvalue weighted by atomic mass is 10.1. The molecule has 0 atom stereocenters. The van der Waals surface area contributed by atoms with Gasteiger partial charge in [0.15, 0.2) is 0 Å². The summed E-state index contributed by atoms with van der Waals surface area (Å²) in [7, 11) is 0. The molecule has 0 spiro atoms. The van der Waals surface area contributed by atoms with E-state index in [1.54, 1.807) is 9.80 Å². The average molecular weight is 314 g/mol. The van der Waals surface area contributed by atoms with E-state index >= 15 is 0 Å². The van der Waals surface area contributed by atoms with Gasteiger partial charge in [-0.25, -0.2) is 9.18 Å². The largest absolute Gasteiger partial charge is 0.338 e. The van der Waals surface area contributed by atoms with E-state index < -0.39 is 5.82 Å². The molecule has 1 N–H and O–H groups in total. The third kappa shape index (κ3) is 3.64. The van der Waals surface area contributed by atoms with Crippen LogP contribution in [0.25, 0.3) is 0 Å². The van der Waals surface area contributed by atoms with Crippen molar-refractivity contribution in [3.63, 3.8) is 0 Å². The number of nitrogens with zero attached hydrogens (tertiary/aromatic N) is 2. The molecule has 1 aliphatic rings. The minimum absolute atomic E-state index is 0.103. The van der Waals surface area contributed by atoms with Crippen LogP contribution < -0.4 is 5.32 Å². The molecule has 2 rings (SSSR count). The van der Waals surface area contributed by atoms with Crippen LogP contribution in [0, 0.1) is 5.82 Å². The number of rotatable bonds is 2. The van der Waals surface area contributed by atoms with Gasteiger partial charge in [0, 0.05) is 32.7 Å². The molecule has 0 radical (unpaired) electrons. The second-order valence-corrected chi connectivity index (χ2v) is 5.15. The van der Waals surface area contributed by atoms with Gasteiger partial charge in [-0.3, -0.25) is 4.79 Å². The van der Waals surface area contributed by atoms with Crippen LogP contribution in [-0.2, 0) is 0 Å². The van der Waals surface area contributed by atoms with Gasteiger partial charge in [-0.15, -0.1) is 0 Å². The van der Waals surface area contributed by atoms with Gasteiger partial charge >= 0.3 is 6.03 Å². The normalized spacial score (nSPS) is 15.0. The molecule has 21 heavy (non-hydrogen) atoms. The van der Waals surface area contributed by atoms with E-state index in [2.05, 4.69) is 5.32 Å². The minimum Gasteiger partial charge on any atom is -0.338 e. The van der Waals surface area contributed by atoms with Crippen LogP contribution in [0.5, 0.6) is 0 Å². The third-order valence-corrected chi connectivity index (χ3v) is 3.66. The number of hydrogen-bond donors (Lipinski definition) is 1. The molecule has 7 heteroatoms. The van der Waals surface area contributed by atoms with E-state index in [-0.39, 0.29) is 22.5 Å². The summed E-state index contributed by atoms with van der Waals surface area (Å²) in [6.45, 7) is 4.23. The molecule has 0 bridgehead atoms. The highest BCUT2D eigenvalue weighted by atomic mass is 35.5. The van der Waals surface area contributed by atoms with Gasteiger partial charge in [-0.2, -0.15) is 0 Å². The van der Waals surface area contributed by atoms with Crippen molar-refractivity contribution >= 4 is 23.5 Å². The molecule has 1 aliphatic heterocycles. The molecule has 1 aromatic carbocycles. The van der Waals surface area contributed by atoms with Gasteiger partial charge in [0.1, 0.15) is 5.82 Å². The molecule has 0 unspecified atom stereocenters. The van der Waals surface area contributed by atoms with E-state index in [1.165, 1.54) is 12.1 Å². The highest BCUT2D eigenvalue weighted by Crippen LogP contribution is 2.19.